The van der Waals surface area contributed by atoms with E-state index in [9.17, 15) is 0 Å². The van der Waals surface area contributed by atoms with Gasteiger partial charge >= 0.3 is 0 Å². The first-order chi connectivity index (χ1) is 27.0. The standard InChI is InChI=1S/C54H49N/c1-52(2)44-15-6-3-12-39(44)42-31-37(20-22-45(42)52)55(38-21-23-47-43(32-38)40-13-4-7-16-46(40)53(47)24-9-10-25-53)50-19-11-18-49-51(50)41-14-5-8-17-48(41)54(49)35-27-33-26-34(29-35)30-36(54)28-33/h3-8,11-23,31-36H,9-10,24-30H2,1-2H3. The Labute approximate surface area is 326 Å². The smallest absolute Gasteiger partial charge is 0.0543 e. The number of fused-ring (bicyclic) bond motifs is 11. The Morgan fingerprint density at radius 3 is 1.65 bits per heavy atom. The zero-order valence-corrected chi connectivity index (χ0v) is 32.2. The number of benzene rings is 6. The van der Waals surface area contributed by atoms with Crippen molar-refractivity contribution in [3.05, 3.63) is 161 Å². The normalized spacial score (nSPS) is 27.2. The van der Waals surface area contributed by atoms with Gasteiger partial charge in [-0.25, -0.2) is 0 Å². The van der Waals surface area contributed by atoms with E-state index in [0.717, 1.165) is 23.7 Å². The number of hydrogen-bond donors (Lipinski definition) is 0. The van der Waals surface area contributed by atoms with Crippen molar-refractivity contribution in [1.29, 1.82) is 0 Å². The molecule has 1 nitrogen and oxygen atoms in total. The number of nitrogens with zero attached hydrogens (tertiary/aromatic N) is 1. The molecule has 0 aromatic heterocycles. The summed E-state index contributed by atoms with van der Waals surface area (Å²) in [4.78, 5) is 2.67. The minimum absolute atomic E-state index is 0.0268. The van der Waals surface area contributed by atoms with Crippen LogP contribution >= 0.6 is 0 Å². The Kier molecular flexibility index (Phi) is 6.09. The zero-order valence-electron chi connectivity index (χ0n) is 32.2. The van der Waals surface area contributed by atoms with Crippen LogP contribution in [0.25, 0.3) is 33.4 Å². The maximum absolute atomic E-state index is 2.67. The fraction of sp³-hybridized carbons (Fsp3) is 0.333. The summed E-state index contributed by atoms with van der Waals surface area (Å²) in [7, 11) is 0. The second kappa shape index (κ2) is 10.7. The Bertz CT molecular complexity index is 2590. The third-order valence-corrected chi connectivity index (χ3v) is 16.6. The van der Waals surface area contributed by atoms with Crippen LogP contribution < -0.4 is 4.90 Å². The van der Waals surface area contributed by atoms with Gasteiger partial charge in [0.25, 0.3) is 0 Å². The molecule has 270 valence electrons. The molecule has 0 atom stereocenters. The molecule has 4 bridgehead atoms. The summed E-state index contributed by atoms with van der Waals surface area (Å²) in [6, 6.07) is 50.6. The molecule has 0 aliphatic heterocycles. The first-order valence-corrected chi connectivity index (χ1v) is 21.5. The largest absolute Gasteiger partial charge is 0.310 e. The van der Waals surface area contributed by atoms with Gasteiger partial charge in [0.2, 0.25) is 0 Å². The van der Waals surface area contributed by atoms with Crippen LogP contribution in [0.2, 0.25) is 0 Å². The van der Waals surface area contributed by atoms with E-state index in [2.05, 4.69) is 146 Å². The molecule has 5 saturated carbocycles. The van der Waals surface area contributed by atoms with Gasteiger partial charge in [0.05, 0.1) is 5.69 Å². The molecule has 6 aromatic carbocycles. The van der Waals surface area contributed by atoms with Crippen LogP contribution in [0.3, 0.4) is 0 Å². The number of rotatable bonds is 3. The van der Waals surface area contributed by atoms with Crippen molar-refractivity contribution in [2.45, 2.75) is 87.9 Å². The summed E-state index contributed by atoms with van der Waals surface area (Å²) < 4.78 is 0. The van der Waals surface area contributed by atoms with Crippen molar-refractivity contribution in [1.82, 2.24) is 0 Å². The SMILES string of the molecule is CC1(C)c2ccccc2-c2cc(N(c3ccc4c(c3)-c3ccccc3C43CCCC3)c3cccc4c3-c3ccccc3C43C4CC5CC(C4)CC3C5)ccc21. The fourth-order valence-corrected chi connectivity index (χ4v) is 14.8. The van der Waals surface area contributed by atoms with E-state index in [1.165, 1.54) is 119 Å². The van der Waals surface area contributed by atoms with Gasteiger partial charge in [0, 0.05) is 33.2 Å². The lowest BCUT2D eigenvalue weighted by Crippen LogP contribution is -2.55. The summed E-state index contributed by atoms with van der Waals surface area (Å²) in [5.74, 6) is 3.35. The Balaban J connectivity index is 1.07. The van der Waals surface area contributed by atoms with E-state index in [4.69, 9.17) is 0 Å². The molecule has 2 spiro atoms. The molecule has 0 unspecified atom stereocenters. The molecule has 6 aromatic rings. The lowest BCUT2D eigenvalue weighted by atomic mass is 9.43. The molecular formula is C54H49N. The highest BCUT2D eigenvalue weighted by atomic mass is 15.1. The third-order valence-electron chi connectivity index (χ3n) is 16.6. The minimum Gasteiger partial charge on any atom is -0.310 e. The molecule has 0 saturated heterocycles. The molecule has 0 amide bonds. The van der Waals surface area contributed by atoms with E-state index in [-0.39, 0.29) is 16.2 Å². The molecule has 0 heterocycles. The van der Waals surface area contributed by atoms with E-state index < -0.39 is 0 Å². The summed E-state index contributed by atoms with van der Waals surface area (Å²) in [5.41, 5.74) is 22.0. The average molecular weight is 712 g/mol. The van der Waals surface area contributed by atoms with Crippen LogP contribution in [0.1, 0.15) is 105 Å². The molecule has 5 fully saturated rings. The van der Waals surface area contributed by atoms with Crippen molar-refractivity contribution in [2.75, 3.05) is 4.90 Å². The van der Waals surface area contributed by atoms with E-state index >= 15 is 0 Å². The lowest BCUT2D eigenvalue weighted by Gasteiger charge is -2.61. The Morgan fingerprint density at radius 1 is 0.455 bits per heavy atom. The number of anilines is 3. The maximum Gasteiger partial charge on any atom is 0.0543 e. The summed E-state index contributed by atoms with van der Waals surface area (Å²) in [6.07, 6.45) is 12.2. The van der Waals surface area contributed by atoms with Crippen LogP contribution in [-0.2, 0) is 16.2 Å². The fourth-order valence-electron chi connectivity index (χ4n) is 14.8. The van der Waals surface area contributed by atoms with Crippen LogP contribution in [0.4, 0.5) is 17.1 Å². The van der Waals surface area contributed by atoms with Crippen LogP contribution in [-0.4, -0.2) is 0 Å². The highest BCUT2D eigenvalue weighted by Crippen LogP contribution is 2.70. The first-order valence-electron chi connectivity index (χ1n) is 21.5. The molecular weight excluding hydrogens is 663 g/mol. The van der Waals surface area contributed by atoms with Gasteiger partial charge in [-0.1, -0.05) is 124 Å². The van der Waals surface area contributed by atoms with Gasteiger partial charge in [-0.05, 0) is 160 Å². The van der Waals surface area contributed by atoms with Crippen molar-refractivity contribution in [3.8, 4) is 33.4 Å². The van der Waals surface area contributed by atoms with Crippen LogP contribution in [0, 0.1) is 23.7 Å². The first kappa shape index (κ1) is 31.3. The average Bonchev–Trinajstić information content (AvgIpc) is 3.95. The summed E-state index contributed by atoms with van der Waals surface area (Å²) in [5, 5.41) is 0. The molecule has 0 radical (unpaired) electrons. The molecule has 0 N–H and O–H groups in total. The van der Waals surface area contributed by atoms with Crippen molar-refractivity contribution < 1.29 is 0 Å². The van der Waals surface area contributed by atoms with Gasteiger partial charge in [0.15, 0.2) is 0 Å². The van der Waals surface area contributed by atoms with Gasteiger partial charge in [-0.15, -0.1) is 0 Å². The van der Waals surface area contributed by atoms with Gasteiger partial charge in [0.1, 0.15) is 0 Å². The monoisotopic (exact) mass is 711 g/mol. The quantitative estimate of drug-likeness (QED) is 0.177. The van der Waals surface area contributed by atoms with Gasteiger partial charge in [-0.2, -0.15) is 0 Å². The predicted molar refractivity (Wildman–Crippen MR) is 227 cm³/mol. The van der Waals surface area contributed by atoms with E-state index in [0.29, 0.717) is 0 Å². The van der Waals surface area contributed by atoms with Crippen molar-refractivity contribution >= 4 is 17.1 Å². The highest BCUT2D eigenvalue weighted by Gasteiger charge is 2.62. The van der Waals surface area contributed by atoms with E-state index in [1.54, 1.807) is 22.3 Å². The van der Waals surface area contributed by atoms with Crippen LogP contribution in [0.5, 0.6) is 0 Å². The van der Waals surface area contributed by atoms with Crippen LogP contribution in [0.15, 0.2) is 127 Å². The van der Waals surface area contributed by atoms with Crippen molar-refractivity contribution in [3.63, 3.8) is 0 Å². The maximum atomic E-state index is 2.67. The summed E-state index contributed by atoms with van der Waals surface area (Å²) >= 11 is 0. The summed E-state index contributed by atoms with van der Waals surface area (Å²) in [6.45, 7) is 4.80. The minimum atomic E-state index is -0.0268. The number of hydrogen-bond acceptors (Lipinski definition) is 1. The Morgan fingerprint density at radius 2 is 0.964 bits per heavy atom. The molecule has 8 aliphatic carbocycles. The van der Waals surface area contributed by atoms with Gasteiger partial charge in [-0.3, -0.25) is 0 Å². The second-order valence-electron chi connectivity index (χ2n) is 19.2. The molecule has 1 heteroatoms. The molecule has 14 rings (SSSR count). The molecule has 8 aliphatic rings. The lowest BCUT2D eigenvalue weighted by molar-refractivity contribution is -0.0399. The highest BCUT2D eigenvalue weighted by molar-refractivity contribution is 5.97. The zero-order chi connectivity index (χ0) is 36.3. The third kappa shape index (κ3) is 3.81. The van der Waals surface area contributed by atoms with Crippen molar-refractivity contribution in [2.24, 2.45) is 23.7 Å². The van der Waals surface area contributed by atoms with E-state index in [1.807, 2.05) is 0 Å². The second-order valence-corrected chi connectivity index (χ2v) is 19.2. The Hall–Kier alpha value is -4.88. The topological polar surface area (TPSA) is 3.24 Å². The predicted octanol–water partition coefficient (Wildman–Crippen LogP) is 14.0. The molecule has 55 heavy (non-hydrogen) atoms. The van der Waals surface area contributed by atoms with Gasteiger partial charge < -0.3 is 4.90 Å².